The zero-order valence-electron chi connectivity index (χ0n) is 12.2. The third-order valence-corrected chi connectivity index (χ3v) is 3.57. The lowest BCUT2D eigenvalue weighted by Gasteiger charge is -2.23. The molecule has 0 amide bonds. The predicted octanol–water partition coefficient (Wildman–Crippen LogP) is 1.84. The minimum absolute atomic E-state index is 0.200. The molecule has 0 spiro atoms. The van der Waals surface area contributed by atoms with Crippen LogP contribution in [0.15, 0.2) is 6.20 Å². The average Bonchev–Trinajstić information content (AvgIpc) is 2.52. The molecular weight excluding hydrogens is 258 g/mol. The van der Waals surface area contributed by atoms with Gasteiger partial charge in [0.15, 0.2) is 0 Å². The van der Waals surface area contributed by atoms with E-state index in [1.807, 2.05) is 0 Å². The fourth-order valence-electron chi connectivity index (χ4n) is 2.41. The molecule has 2 heterocycles. The van der Waals surface area contributed by atoms with Crippen molar-refractivity contribution in [2.24, 2.45) is 5.73 Å². The van der Waals surface area contributed by atoms with Gasteiger partial charge in [-0.3, -0.25) is 0 Å². The highest BCUT2D eigenvalue weighted by molar-refractivity contribution is 5.25. The SMILES string of the molecule is COc1cnc(C(N)CCC2CCCCO2)c(OC)n1. The van der Waals surface area contributed by atoms with Gasteiger partial charge in [0.2, 0.25) is 11.8 Å². The van der Waals surface area contributed by atoms with E-state index in [0.717, 1.165) is 25.9 Å². The van der Waals surface area contributed by atoms with Gasteiger partial charge in [-0.2, -0.15) is 4.98 Å². The topological polar surface area (TPSA) is 79.5 Å². The second kappa shape index (κ2) is 7.40. The molecule has 1 aromatic heterocycles. The monoisotopic (exact) mass is 281 g/mol. The number of nitrogens with two attached hydrogens (primary N) is 1. The van der Waals surface area contributed by atoms with E-state index in [-0.39, 0.29) is 6.04 Å². The summed E-state index contributed by atoms with van der Waals surface area (Å²) in [5.41, 5.74) is 6.87. The molecule has 0 saturated carbocycles. The summed E-state index contributed by atoms with van der Waals surface area (Å²) in [5, 5.41) is 0. The number of rotatable bonds is 6. The van der Waals surface area contributed by atoms with E-state index in [9.17, 15) is 0 Å². The fraction of sp³-hybridized carbons (Fsp3) is 0.714. The van der Waals surface area contributed by atoms with Gasteiger partial charge >= 0.3 is 0 Å². The molecule has 0 bridgehead atoms. The predicted molar refractivity (Wildman–Crippen MR) is 74.9 cm³/mol. The maximum absolute atomic E-state index is 6.20. The van der Waals surface area contributed by atoms with E-state index in [0.29, 0.717) is 23.6 Å². The van der Waals surface area contributed by atoms with Gasteiger partial charge in [0.1, 0.15) is 5.69 Å². The first-order valence-corrected chi connectivity index (χ1v) is 7.06. The molecule has 20 heavy (non-hydrogen) atoms. The molecule has 1 saturated heterocycles. The standard InChI is InChI=1S/C14H23N3O3/c1-18-12-9-16-13(14(17-12)19-2)11(15)7-6-10-5-3-4-8-20-10/h9-11H,3-8,15H2,1-2H3. The van der Waals surface area contributed by atoms with E-state index >= 15 is 0 Å². The highest BCUT2D eigenvalue weighted by atomic mass is 16.5. The fourth-order valence-corrected chi connectivity index (χ4v) is 2.41. The van der Waals surface area contributed by atoms with E-state index in [1.165, 1.54) is 12.8 Å². The summed E-state index contributed by atoms with van der Waals surface area (Å²) in [4.78, 5) is 8.51. The Bertz CT molecular complexity index is 422. The van der Waals surface area contributed by atoms with Crippen molar-refractivity contribution in [3.63, 3.8) is 0 Å². The lowest BCUT2D eigenvalue weighted by atomic mass is 10.0. The molecule has 112 valence electrons. The van der Waals surface area contributed by atoms with Crippen LogP contribution in [0.1, 0.15) is 43.8 Å². The van der Waals surface area contributed by atoms with Gasteiger partial charge in [-0.25, -0.2) is 4.98 Å². The molecule has 6 nitrogen and oxygen atoms in total. The Hall–Kier alpha value is -1.40. The van der Waals surface area contributed by atoms with Crippen molar-refractivity contribution in [2.45, 2.75) is 44.2 Å². The summed E-state index contributed by atoms with van der Waals surface area (Å²) in [6.07, 6.45) is 7.17. The molecule has 6 heteroatoms. The van der Waals surface area contributed by atoms with Crippen LogP contribution >= 0.6 is 0 Å². The van der Waals surface area contributed by atoms with Crippen molar-refractivity contribution in [3.8, 4) is 11.8 Å². The van der Waals surface area contributed by atoms with Gasteiger partial charge in [0, 0.05) is 6.61 Å². The molecule has 1 aromatic rings. The van der Waals surface area contributed by atoms with Crippen LogP contribution in [-0.4, -0.2) is 36.9 Å². The first-order valence-electron chi connectivity index (χ1n) is 7.06. The van der Waals surface area contributed by atoms with Crippen LogP contribution in [0.4, 0.5) is 0 Å². The van der Waals surface area contributed by atoms with Crippen molar-refractivity contribution >= 4 is 0 Å². The first kappa shape index (κ1) is 15.0. The number of nitrogens with zero attached hydrogens (tertiary/aromatic N) is 2. The number of hydrogen-bond acceptors (Lipinski definition) is 6. The van der Waals surface area contributed by atoms with Crippen molar-refractivity contribution < 1.29 is 14.2 Å². The second-order valence-electron chi connectivity index (χ2n) is 4.98. The largest absolute Gasteiger partial charge is 0.480 e. The lowest BCUT2D eigenvalue weighted by Crippen LogP contribution is -2.22. The maximum Gasteiger partial charge on any atom is 0.240 e. The van der Waals surface area contributed by atoms with Crippen LogP contribution in [-0.2, 0) is 4.74 Å². The molecule has 2 unspecified atom stereocenters. The van der Waals surface area contributed by atoms with Gasteiger partial charge in [-0.05, 0) is 32.1 Å². The van der Waals surface area contributed by atoms with Crippen LogP contribution in [0.25, 0.3) is 0 Å². The maximum atomic E-state index is 6.20. The summed E-state index contributed by atoms with van der Waals surface area (Å²) in [5.74, 6) is 0.856. The van der Waals surface area contributed by atoms with E-state index in [1.54, 1.807) is 20.4 Å². The van der Waals surface area contributed by atoms with Crippen LogP contribution in [0, 0.1) is 0 Å². The van der Waals surface area contributed by atoms with Crippen molar-refractivity contribution in [2.75, 3.05) is 20.8 Å². The zero-order valence-corrected chi connectivity index (χ0v) is 12.2. The van der Waals surface area contributed by atoms with Gasteiger partial charge in [-0.15, -0.1) is 0 Å². The number of aromatic nitrogens is 2. The Morgan fingerprint density at radius 1 is 1.40 bits per heavy atom. The van der Waals surface area contributed by atoms with E-state index in [2.05, 4.69) is 9.97 Å². The number of ether oxygens (including phenoxy) is 3. The summed E-state index contributed by atoms with van der Waals surface area (Å²) in [6, 6.07) is -0.200. The Labute approximate surface area is 119 Å². The molecule has 2 N–H and O–H groups in total. The summed E-state index contributed by atoms with van der Waals surface area (Å²) >= 11 is 0. The molecule has 1 aliphatic heterocycles. The van der Waals surface area contributed by atoms with Gasteiger partial charge in [-0.1, -0.05) is 0 Å². The van der Waals surface area contributed by atoms with Gasteiger partial charge in [0.25, 0.3) is 0 Å². The van der Waals surface area contributed by atoms with E-state index in [4.69, 9.17) is 19.9 Å². The van der Waals surface area contributed by atoms with Crippen LogP contribution in [0.3, 0.4) is 0 Å². The average molecular weight is 281 g/mol. The third-order valence-electron chi connectivity index (χ3n) is 3.57. The molecule has 1 fully saturated rings. The van der Waals surface area contributed by atoms with Crippen LogP contribution in [0.2, 0.25) is 0 Å². The Kier molecular flexibility index (Phi) is 5.55. The Morgan fingerprint density at radius 3 is 2.90 bits per heavy atom. The summed E-state index contributed by atoms with van der Waals surface area (Å²) in [6.45, 7) is 0.867. The second-order valence-corrected chi connectivity index (χ2v) is 4.98. The molecular formula is C14H23N3O3. The molecule has 1 aliphatic rings. The molecule has 0 radical (unpaired) electrons. The molecule has 2 atom stereocenters. The summed E-state index contributed by atoms with van der Waals surface area (Å²) < 4.78 is 16.0. The quantitative estimate of drug-likeness (QED) is 0.857. The smallest absolute Gasteiger partial charge is 0.240 e. The van der Waals surface area contributed by atoms with Crippen LogP contribution in [0.5, 0.6) is 11.8 Å². The van der Waals surface area contributed by atoms with Gasteiger partial charge in [0.05, 0.1) is 32.6 Å². The van der Waals surface area contributed by atoms with Crippen LogP contribution < -0.4 is 15.2 Å². The van der Waals surface area contributed by atoms with Crippen molar-refractivity contribution in [3.05, 3.63) is 11.9 Å². The summed E-state index contributed by atoms with van der Waals surface area (Å²) in [7, 11) is 3.10. The van der Waals surface area contributed by atoms with E-state index < -0.39 is 0 Å². The Balaban J connectivity index is 1.95. The van der Waals surface area contributed by atoms with Crippen molar-refractivity contribution in [1.29, 1.82) is 0 Å². The molecule has 0 aliphatic carbocycles. The van der Waals surface area contributed by atoms with Crippen molar-refractivity contribution in [1.82, 2.24) is 9.97 Å². The van der Waals surface area contributed by atoms with Gasteiger partial charge < -0.3 is 19.9 Å². The number of hydrogen-bond donors (Lipinski definition) is 1. The highest BCUT2D eigenvalue weighted by Crippen LogP contribution is 2.26. The first-order chi connectivity index (χ1) is 9.74. The Morgan fingerprint density at radius 2 is 2.25 bits per heavy atom. The minimum atomic E-state index is -0.200. The minimum Gasteiger partial charge on any atom is -0.480 e. The number of methoxy groups -OCH3 is 2. The highest BCUT2D eigenvalue weighted by Gasteiger charge is 2.20. The zero-order chi connectivity index (χ0) is 14.4. The normalized spacial score (nSPS) is 20.4. The molecule has 0 aromatic carbocycles. The lowest BCUT2D eigenvalue weighted by molar-refractivity contribution is 0.00902. The molecule has 2 rings (SSSR count). The third kappa shape index (κ3) is 3.80.